The lowest BCUT2D eigenvalue weighted by Crippen LogP contribution is -2.28. The summed E-state index contributed by atoms with van der Waals surface area (Å²) in [5.41, 5.74) is 2.05. The summed E-state index contributed by atoms with van der Waals surface area (Å²) >= 11 is 0. The summed E-state index contributed by atoms with van der Waals surface area (Å²) in [6.45, 7) is 2.16. The van der Waals surface area contributed by atoms with Crippen molar-refractivity contribution >= 4 is 12.1 Å². The van der Waals surface area contributed by atoms with Crippen molar-refractivity contribution in [3.05, 3.63) is 71.3 Å². The van der Waals surface area contributed by atoms with Crippen LogP contribution in [0.2, 0.25) is 0 Å². The van der Waals surface area contributed by atoms with Gasteiger partial charge in [-0.25, -0.2) is 9.98 Å². The Morgan fingerprint density at radius 1 is 1.00 bits per heavy atom. The summed E-state index contributed by atoms with van der Waals surface area (Å²) in [5.74, 6) is 0.627. The lowest BCUT2D eigenvalue weighted by molar-refractivity contribution is 0.131. The van der Waals surface area contributed by atoms with E-state index >= 15 is 0 Å². The first kappa shape index (κ1) is 14.7. The third-order valence-electron chi connectivity index (χ3n) is 3.78. The quantitative estimate of drug-likeness (QED) is 0.902. The molecule has 0 bridgehead atoms. The molecular formula is C19H20N2O. The van der Waals surface area contributed by atoms with Crippen molar-refractivity contribution in [1.82, 2.24) is 0 Å². The summed E-state index contributed by atoms with van der Waals surface area (Å²) in [4.78, 5) is 8.85. The molecule has 1 aliphatic heterocycles. The number of hydrogen-bond donors (Lipinski definition) is 1. The van der Waals surface area contributed by atoms with Crippen LogP contribution in [0.1, 0.15) is 30.0 Å². The molecule has 0 aliphatic carbocycles. The SMILES string of the molecule is CCCc1ccccc1C1=NC(O)(Cc2ccccc2)C=N1. The number of hydrogen-bond acceptors (Lipinski definition) is 3. The molecule has 1 N–H and O–H groups in total. The third-order valence-corrected chi connectivity index (χ3v) is 3.78. The van der Waals surface area contributed by atoms with Gasteiger partial charge in [0.15, 0.2) is 11.6 Å². The van der Waals surface area contributed by atoms with Crippen molar-refractivity contribution < 1.29 is 5.11 Å². The number of nitrogens with zero attached hydrogens (tertiary/aromatic N) is 2. The van der Waals surface area contributed by atoms with E-state index in [9.17, 15) is 5.11 Å². The van der Waals surface area contributed by atoms with E-state index in [4.69, 9.17) is 0 Å². The molecule has 0 radical (unpaired) electrons. The summed E-state index contributed by atoms with van der Waals surface area (Å²) < 4.78 is 0. The number of aliphatic hydroxyl groups is 1. The van der Waals surface area contributed by atoms with Gasteiger partial charge in [-0.2, -0.15) is 0 Å². The van der Waals surface area contributed by atoms with Crippen LogP contribution in [0.5, 0.6) is 0 Å². The molecule has 0 saturated heterocycles. The molecule has 22 heavy (non-hydrogen) atoms. The molecule has 0 saturated carbocycles. The van der Waals surface area contributed by atoms with Crippen LogP contribution in [-0.2, 0) is 12.8 Å². The summed E-state index contributed by atoms with van der Waals surface area (Å²) in [6, 6.07) is 18.0. The fourth-order valence-electron chi connectivity index (χ4n) is 2.74. The molecule has 2 aromatic carbocycles. The van der Waals surface area contributed by atoms with Crippen molar-refractivity contribution in [2.75, 3.05) is 0 Å². The first-order chi connectivity index (χ1) is 10.7. The Bertz CT molecular complexity index is 706. The second kappa shape index (κ2) is 6.24. The van der Waals surface area contributed by atoms with E-state index in [0.29, 0.717) is 12.3 Å². The number of amidine groups is 1. The predicted molar refractivity (Wildman–Crippen MR) is 90.6 cm³/mol. The first-order valence-corrected chi connectivity index (χ1v) is 7.70. The van der Waals surface area contributed by atoms with Gasteiger partial charge >= 0.3 is 0 Å². The van der Waals surface area contributed by atoms with Crippen LogP contribution in [0.3, 0.4) is 0 Å². The third kappa shape index (κ3) is 3.15. The van der Waals surface area contributed by atoms with Gasteiger partial charge in [0.25, 0.3) is 0 Å². The van der Waals surface area contributed by atoms with Crippen molar-refractivity contribution in [3.63, 3.8) is 0 Å². The summed E-state index contributed by atoms with van der Waals surface area (Å²) in [5, 5.41) is 10.7. The van der Waals surface area contributed by atoms with Crippen molar-refractivity contribution in [3.8, 4) is 0 Å². The molecule has 3 heteroatoms. The van der Waals surface area contributed by atoms with E-state index in [0.717, 1.165) is 24.0 Å². The first-order valence-electron chi connectivity index (χ1n) is 7.70. The normalized spacial score (nSPS) is 20.2. The Hall–Kier alpha value is -2.26. The molecule has 3 rings (SSSR count). The van der Waals surface area contributed by atoms with Gasteiger partial charge < -0.3 is 5.11 Å². The highest BCUT2D eigenvalue weighted by Gasteiger charge is 2.30. The highest BCUT2D eigenvalue weighted by Crippen LogP contribution is 2.22. The van der Waals surface area contributed by atoms with Crippen LogP contribution in [0.25, 0.3) is 0 Å². The van der Waals surface area contributed by atoms with Crippen LogP contribution >= 0.6 is 0 Å². The molecule has 1 unspecified atom stereocenters. The molecule has 1 heterocycles. The fraction of sp³-hybridized carbons (Fsp3) is 0.263. The Balaban J connectivity index is 1.87. The smallest absolute Gasteiger partial charge is 0.199 e. The maximum absolute atomic E-state index is 10.7. The van der Waals surface area contributed by atoms with Gasteiger partial charge in [0.1, 0.15) is 0 Å². The van der Waals surface area contributed by atoms with E-state index < -0.39 is 5.72 Å². The largest absolute Gasteiger partial charge is 0.364 e. The average Bonchev–Trinajstić information content (AvgIpc) is 2.91. The van der Waals surface area contributed by atoms with Gasteiger partial charge in [-0.15, -0.1) is 0 Å². The van der Waals surface area contributed by atoms with Gasteiger partial charge in [0, 0.05) is 12.0 Å². The van der Waals surface area contributed by atoms with Gasteiger partial charge in [-0.05, 0) is 17.5 Å². The summed E-state index contributed by atoms with van der Waals surface area (Å²) in [6.07, 6.45) is 4.05. The van der Waals surface area contributed by atoms with Crippen molar-refractivity contribution in [2.45, 2.75) is 31.9 Å². The zero-order valence-corrected chi connectivity index (χ0v) is 12.7. The standard InChI is InChI=1S/C19H20N2O/c1-2-8-16-11-6-7-12-17(16)18-20-14-19(22,21-18)13-15-9-4-3-5-10-15/h3-7,9-12,14,22H,2,8,13H2,1H3. The molecule has 0 amide bonds. The van der Waals surface area contributed by atoms with E-state index in [-0.39, 0.29) is 0 Å². The van der Waals surface area contributed by atoms with E-state index in [1.54, 1.807) is 6.21 Å². The Morgan fingerprint density at radius 3 is 2.50 bits per heavy atom. The topological polar surface area (TPSA) is 45.0 Å². The molecule has 3 nitrogen and oxygen atoms in total. The highest BCUT2D eigenvalue weighted by atomic mass is 16.3. The fourth-order valence-corrected chi connectivity index (χ4v) is 2.74. The monoisotopic (exact) mass is 292 g/mol. The van der Waals surface area contributed by atoms with Crippen LogP contribution in [0, 0.1) is 0 Å². The molecule has 0 spiro atoms. The molecule has 1 aliphatic rings. The predicted octanol–water partition coefficient (Wildman–Crippen LogP) is 3.40. The van der Waals surface area contributed by atoms with E-state index in [1.807, 2.05) is 48.5 Å². The zero-order chi connectivity index (χ0) is 15.4. The maximum atomic E-state index is 10.7. The van der Waals surface area contributed by atoms with Gasteiger partial charge in [-0.3, -0.25) is 0 Å². The number of aryl methyl sites for hydroxylation is 1. The Morgan fingerprint density at radius 2 is 1.73 bits per heavy atom. The Labute approximate surface area is 131 Å². The maximum Gasteiger partial charge on any atom is 0.199 e. The van der Waals surface area contributed by atoms with Crippen LogP contribution in [0.15, 0.2) is 64.6 Å². The molecule has 1 atom stereocenters. The minimum atomic E-state index is -1.24. The van der Waals surface area contributed by atoms with Crippen LogP contribution in [0.4, 0.5) is 0 Å². The lowest BCUT2D eigenvalue weighted by Gasteiger charge is -2.15. The van der Waals surface area contributed by atoms with Crippen LogP contribution < -0.4 is 0 Å². The minimum Gasteiger partial charge on any atom is -0.364 e. The van der Waals surface area contributed by atoms with Gasteiger partial charge in [0.2, 0.25) is 0 Å². The number of benzene rings is 2. The zero-order valence-electron chi connectivity index (χ0n) is 12.7. The molecule has 0 aromatic heterocycles. The van der Waals surface area contributed by atoms with E-state index in [1.165, 1.54) is 5.56 Å². The number of rotatable bonds is 5. The minimum absolute atomic E-state index is 0.441. The second-order valence-corrected chi connectivity index (χ2v) is 5.64. The summed E-state index contributed by atoms with van der Waals surface area (Å²) in [7, 11) is 0. The highest BCUT2D eigenvalue weighted by molar-refractivity contribution is 6.08. The molecular weight excluding hydrogens is 272 g/mol. The van der Waals surface area contributed by atoms with Crippen LogP contribution in [-0.4, -0.2) is 22.9 Å². The van der Waals surface area contributed by atoms with Crippen molar-refractivity contribution in [1.29, 1.82) is 0 Å². The molecule has 0 fully saturated rings. The number of aliphatic imine (C=N–C) groups is 2. The lowest BCUT2D eigenvalue weighted by atomic mass is 10.0. The molecule has 112 valence electrons. The van der Waals surface area contributed by atoms with E-state index in [2.05, 4.69) is 23.0 Å². The van der Waals surface area contributed by atoms with Gasteiger partial charge in [-0.1, -0.05) is 67.9 Å². The Kier molecular flexibility index (Phi) is 4.16. The molecule has 2 aromatic rings. The second-order valence-electron chi connectivity index (χ2n) is 5.64. The van der Waals surface area contributed by atoms with Crippen molar-refractivity contribution in [2.24, 2.45) is 9.98 Å². The average molecular weight is 292 g/mol. The van der Waals surface area contributed by atoms with Gasteiger partial charge in [0.05, 0.1) is 6.21 Å².